The molecule has 0 aliphatic carbocycles. The van der Waals surface area contributed by atoms with Gasteiger partial charge in [-0.25, -0.2) is 0 Å². The Bertz CT molecular complexity index is 1020. The molecule has 0 spiro atoms. The number of piperazine rings is 1. The van der Waals surface area contributed by atoms with E-state index in [9.17, 15) is 14.9 Å². The van der Waals surface area contributed by atoms with Crippen LogP contribution in [0.3, 0.4) is 0 Å². The number of carbonyl (C=O) groups is 1. The Kier molecular flexibility index (Phi) is 7.57. The molecule has 0 unspecified atom stereocenters. The number of hydrogen-bond donors (Lipinski definition) is 0. The van der Waals surface area contributed by atoms with E-state index in [0.29, 0.717) is 21.3 Å². The van der Waals surface area contributed by atoms with Crippen molar-refractivity contribution in [3.63, 3.8) is 0 Å². The Morgan fingerprint density at radius 2 is 1.87 bits per heavy atom. The zero-order valence-corrected chi connectivity index (χ0v) is 20.2. The number of rotatable bonds is 6. The van der Waals surface area contributed by atoms with Gasteiger partial charge in [0, 0.05) is 45.3 Å². The normalized spacial score (nSPS) is 18.9. The number of nitriles is 1. The minimum absolute atomic E-state index is 0.100. The van der Waals surface area contributed by atoms with Gasteiger partial charge < -0.3 is 9.80 Å². The van der Waals surface area contributed by atoms with E-state index in [1.165, 1.54) is 11.8 Å². The summed E-state index contributed by atoms with van der Waals surface area (Å²) in [6, 6.07) is 2.06. The molecule has 2 aliphatic heterocycles. The molecule has 166 valence electrons. The molecule has 2 saturated heterocycles. The molecule has 3 rings (SSSR count). The van der Waals surface area contributed by atoms with Crippen molar-refractivity contribution in [3.8, 4) is 6.07 Å². The lowest BCUT2D eigenvalue weighted by molar-refractivity contribution is -0.122. The second-order valence-corrected chi connectivity index (χ2v) is 9.50. The van der Waals surface area contributed by atoms with Gasteiger partial charge in [-0.15, -0.1) is 0 Å². The average molecular weight is 460 g/mol. The van der Waals surface area contributed by atoms with E-state index >= 15 is 0 Å². The van der Waals surface area contributed by atoms with Crippen LogP contribution in [0.4, 0.5) is 5.82 Å². The zero-order valence-electron chi connectivity index (χ0n) is 18.6. The van der Waals surface area contributed by atoms with Gasteiger partial charge in [0.1, 0.15) is 21.8 Å². The van der Waals surface area contributed by atoms with Crippen molar-refractivity contribution in [2.24, 2.45) is 7.05 Å². The monoisotopic (exact) mass is 459 g/mol. The van der Waals surface area contributed by atoms with Crippen LogP contribution in [0.5, 0.6) is 0 Å². The van der Waals surface area contributed by atoms with Gasteiger partial charge in [0.15, 0.2) is 0 Å². The van der Waals surface area contributed by atoms with Crippen LogP contribution in [0.25, 0.3) is 6.08 Å². The first-order valence-corrected chi connectivity index (χ1v) is 11.9. The van der Waals surface area contributed by atoms with Crippen LogP contribution in [-0.2, 0) is 11.8 Å². The van der Waals surface area contributed by atoms with Crippen LogP contribution >= 0.6 is 24.0 Å². The molecule has 31 heavy (non-hydrogen) atoms. The van der Waals surface area contributed by atoms with Crippen LogP contribution < -0.4 is 10.5 Å². The van der Waals surface area contributed by atoms with E-state index in [4.69, 9.17) is 12.2 Å². The van der Waals surface area contributed by atoms with Crippen molar-refractivity contribution >= 4 is 46.1 Å². The minimum Gasteiger partial charge on any atom is -0.355 e. The number of likely N-dealkylation sites (N-methyl/N-ethyl adjacent to an activating group) is 1. The molecule has 7 nitrogen and oxygen atoms in total. The number of amides is 1. The summed E-state index contributed by atoms with van der Waals surface area (Å²) in [6.07, 6.45) is 3.70. The molecule has 0 atom stereocenters. The summed E-state index contributed by atoms with van der Waals surface area (Å²) in [5, 5.41) is 9.60. The van der Waals surface area contributed by atoms with Crippen LogP contribution in [0.15, 0.2) is 9.70 Å². The van der Waals surface area contributed by atoms with E-state index in [-0.39, 0.29) is 17.0 Å². The lowest BCUT2D eigenvalue weighted by Crippen LogP contribution is -2.48. The molecule has 9 heteroatoms. The van der Waals surface area contributed by atoms with Crippen molar-refractivity contribution < 1.29 is 4.79 Å². The van der Waals surface area contributed by atoms with Gasteiger partial charge in [-0.2, -0.15) is 5.26 Å². The summed E-state index contributed by atoms with van der Waals surface area (Å²) in [5.74, 6) is 0.660. The summed E-state index contributed by atoms with van der Waals surface area (Å²) in [4.78, 5) is 32.6. The minimum atomic E-state index is -0.305. The maximum absolute atomic E-state index is 13.0. The average Bonchev–Trinajstić information content (AvgIpc) is 3.03. The fourth-order valence-corrected chi connectivity index (χ4v) is 5.30. The van der Waals surface area contributed by atoms with Gasteiger partial charge in [-0.05, 0) is 31.5 Å². The van der Waals surface area contributed by atoms with Crippen LogP contribution in [0.1, 0.15) is 43.4 Å². The lowest BCUT2D eigenvalue weighted by atomic mass is 10.0. The first kappa shape index (κ1) is 23.5. The molecule has 1 aromatic heterocycles. The number of thiocarbonyl (C=S) groups is 1. The van der Waals surface area contributed by atoms with E-state index in [1.54, 1.807) is 23.4 Å². The molecule has 0 radical (unpaired) electrons. The lowest BCUT2D eigenvalue weighted by Gasteiger charge is -2.37. The second kappa shape index (κ2) is 9.98. The van der Waals surface area contributed by atoms with Crippen LogP contribution in [-0.4, -0.2) is 63.9 Å². The third kappa shape index (κ3) is 4.56. The summed E-state index contributed by atoms with van der Waals surface area (Å²) >= 11 is 6.73. The topological polar surface area (TPSA) is 72.6 Å². The molecule has 0 bridgehead atoms. The quantitative estimate of drug-likeness (QED) is 0.478. The number of aromatic nitrogens is 1. The summed E-state index contributed by atoms with van der Waals surface area (Å²) in [7, 11) is 1.70. The zero-order chi connectivity index (χ0) is 22.7. The Balaban J connectivity index is 2.09. The highest BCUT2D eigenvalue weighted by atomic mass is 32.2. The maximum Gasteiger partial charge on any atom is 0.270 e. The molecular weight excluding hydrogens is 430 g/mol. The van der Waals surface area contributed by atoms with Crippen molar-refractivity contribution in [2.45, 2.75) is 33.6 Å². The standard InChI is InChI=1S/C22H29N5O2S2/c1-5-7-8-27-21(29)18(31-22(27)30)13-16-15(3)17(14-23)20(28)24(4)19(16)26-11-9-25(6-2)10-12-26/h13H,5-12H2,1-4H3/b18-13-. The Morgan fingerprint density at radius 3 is 2.45 bits per heavy atom. The first-order chi connectivity index (χ1) is 14.8. The van der Waals surface area contributed by atoms with E-state index < -0.39 is 0 Å². The second-order valence-electron chi connectivity index (χ2n) is 7.82. The van der Waals surface area contributed by atoms with E-state index in [1.807, 2.05) is 6.08 Å². The molecular formula is C22H29N5O2S2. The Morgan fingerprint density at radius 1 is 1.19 bits per heavy atom. The van der Waals surface area contributed by atoms with E-state index in [0.717, 1.165) is 56.9 Å². The molecule has 1 aromatic rings. The van der Waals surface area contributed by atoms with Gasteiger partial charge in [0.05, 0.1) is 4.91 Å². The molecule has 0 N–H and O–H groups in total. The van der Waals surface area contributed by atoms with Crippen LogP contribution in [0, 0.1) is 18.3 Å². The van der Waals surface area contributed by atoms with Crippen LogP contribution in [0.2, 0.25) is 0 Å². The Labute approximate surface area is 193 Å². The highest BCUT2D eigenvalue weighted by molar-refractivity contribution is 8.26. The largest absolute Gasteiger partial charge is 0.355 e. The fourth-order valence-electron chi connectivity index (χ4n) is 4.01. The molecule has 2 fully saturated rings. The Hall–Kier alpha value is -2.15. The van der Waals surface area contributed by atoms with Gasteiger partial charge in [0.2, 0.25) is 0 Å². The van der Waals surface area contributed by atoms with Gasteiger partial charge in [0.25, 0.3) is 11.5 Å². The van der Waals surface area contributed by atoms with E-state index in [2.05, 4.69) is 29.7 Å². The summed E-state index contributed by atoms with van der Waals surface area (Å²) in [5.41, 5.74) is 1.17. The number of nitrogens with zero attached hydrogens (tertiary/aromatic N) is 5. The highest BCUT2D eigenvalue weighted by Gasteiger charge is 2.33. The summed E-state index contributed by atoms with van der Waals surface area (Å²) < 4.78 is 2.11. The number of anilines is 1. The predicted octanol–water partition coefficient (Wildman–Crippen LogP) is 2.71. The van der Waals surface area contributed by atoms with Crippen molar-refractivity contribution in [2.75, 3.05) is 44.2 Å². The van der Waals surface area contributed by atoms with Gasteiger partial charge >= 0.3 is 0 Å². The number of unbranched alkanes of at least 4 members (excludes halogenated alkanes) is 1. The van der Waals surface area contributed by atoms with Crippen molar-refractivity contribution in [3.05, 3.63) is 31.9 Å². The molecule has 1 amide bonds. The van der Waals surface area contributed by atoms with Gasteiger partial charge in [-0.1, -0.05) is 44.2 Å². The van der Waals surface area contributed by atoms with Crippen molar-refractivity contribution in [1.29, 1.82) is 5.26 Å². The molecule has 0 aromatic carbocycles. The first-order valence-electron chi connectivity index (χ1n) is 10.7. The number of carbonyl (C=O) groups excluding carboxylic acids is 1. The SMILES string of the molecule is CCCCN1C(=O)/C(=C/c2c(C)c(C#N)c(=O)n(C)c2N2CCN(CC)CC2)SC1=S. The molecule has 0 saturated carbocycles. The highest BCUT2D eigenvalue weighted by Crippen LogP contribution is 2.36. The molecule has 3 heterocycles. The predicted molar refractivity (Wildman–Crippen MR) is 130 cm³/mol. The maximum atomic E-state index is 13.0. The summed E-state index contributed by atoms with van der Waals surface area (Å²) in [6.45, 7) is 11.0. The number of hydrogen-bond acceptors (Lipinski definition) is 7. The van der Waals surface area contributed by atoms with Crippen molar-refractivity contribution in [1.82, 2.24) is 14.4 Å². The third-order valence-corrected chi connectivity index (χ3v) is 7.35. The number of thioether (sulfide) groups is 1. The number of pyridine rings is 1. The fraction of sp³-hybridized carbons (Fsp3) is 0.545. The third-order valence-electron chi connectivity index (χ3n) is 5.97. The van der Waals surface area contributed by atoms with Gasteiger partial charge in [-0.3, -0.25) is 19.1 Å². The smallest absolute Gasteiger partial charge is 0.270 e. The molecule has 2 aliphatic rings.